The molecule has 0 saturated carbocycles. The molecule has 0 bridgehead atoms. The van der Waals surface area contributed by atoms with Gasteiger partial charge >= 0.3 is 11.7 Å². The molecule has 1 aliphatic heterocycles. The van der Waals surface area contributed by atoms with Crippen LogP contribution in [0.5, 0.6) is 5.75 Å². The summed E-state index contributed by atoms with van der Waals surface area (Å²) in [5, 5.41) is 3.81. The van der Waals surface area contributed by atoms with E-state index in [1.807, 2.05) is 0 Å². The van der Waals surface area contributed by atoms with Crippen LogP contribution in [0.2, 0.25) is 5.02 Å². The minimum atomic E-state index is -4.15. The Morgan fingerprint density at radius 1 is 1.28 bits per heavy atom. The van der Waals surface area contributed by atoms with E-state index in [0.29, 0.717) is 36.1 Å². The molecule has 1 saturated heterocycles. The minimum Gasteiger partial charge on any atom is -0.422 e. The van der Waals surface area contributed by atoms with Crippen molar-refractivity contribution in [2.45, 2.75) is 30.8 Å². The molecule has 210 valence electrons. The van der Waals surface area contributed by atoms with Gasteiger partial charge in [0.1, 0.15) is 16.3 Å². The van der Waals surface area contributed by atoms with Crippen molar-refractivity contribution in [2.24, 2.45) is 0 Å². The second-order valence-electron chi connectivity index (χ2n) is 9.36. The first-order chi connectivity index (χ1) is 18.5. The number of hydrogen-bond donors (Lipinski definition) is 2. The van der Waals surface area contributed by atoms with E-state index in [2.05, 4.69) is 10.0 Å². The molecule has 2 N–H and O–H groups in total. The van der Waals surface area contributed by atoms with Crippen LogP contribution in [0.1, 0.15) is 23.1 Å². The highest BCUT2D eigenvalue weighted by Crippen LogP contribution is 2.33. The summed E-state index contributed by atoms with van der Waals surface area (Å²) in [6.45, 7) is 3.69. The molecule has 4 rings (SSSR count). The lowest BCUT2D eigenvalue weighted by Gasteiger charge is -2.23. The molecule has 0 aliphatic carbocycles. The molecule has 1 unspecified atom stereocenters. The predicted molar refractivity (Wildman–Crippen MR) is 144 cm³/mol. The van der Waals surface area contributed by atoms with E-state index < -0.39 is 32.5 Å². The van der Waals surface area contributed by atoms with E-state index in [1.54, 1.807) is 6.92 Å². The number of benzene rings is 2. The maximum atomic E-state index is 14.6. The van der Waals surface area contributed by atoms with Crippen molar-refractivity contribution in [3.63, 3.8) is 0 Å². The van der Waals surface area contributed by atoms with Gasteiger partial charge in [-0.15, -0.1) is 0 Å². The zero-order chi connectivity index (χ0) is 28.3. The van der Waals surface area contributed by atoms with Gasteiger partial charge in [0.15, 0.2) is 5.75 Å². The second kappa shape index (κ2) is 12.0. The van der Waals surface area contributed by atoms with E-state index in [4.69, 9.17) is 25.5 Å². The largest absolute Gasteiger partial charge is 0.422 e. The van der Waals surface area contributed by atoms with E-state index in [1.165, 1.54) is 43.3 Å². The fourth-order valence-corrected chi connectivity index (χ4v) is 5.54. The number of nitrogens with one attached hydrogen (secondary N) is 2. The number of carbonyl (C=O) groups is 1. The van der Waals surface area contributed by atoms with Gasteiger partial charge in [-0.2, -0.15) is 0 Å². The number of hydrogen-bond acceptors (Lipinski definition) is 8. The molecular weight excluding hydrogens is 553 g/mol. The Balaban J connectivity index is 1.58. The molecular formula is C26H29ClFN3O7S. The molecule has 13 heteroatoms. The zero-order valence-corrected chi connectivity index (χ0v) is 23.2. The topological polar surface area (TPSA) is 127 Å². The highest BCUT2D eigenvalue weighted by Gasteiger charge is 2.22. The zero-order valence-electron chi connectivity index (χ0n) is 21.7. The highest BCUT2D eigenvalue weighted by molar-refractivity contribution is 7.89. The van der Waals surface area contributed by atoms with Crippen LogP contribution in [0.4, 0.5) is 9.18 Å². The van der Waals surface area contributed by atoms with Crippen LogP contribution in [0, 0.1) is 12.7 Å². The Morgan fingerprint density at radius 3 is 2.74 bits per heavy atom. The molecule has 1 aromatic heterocycles. The summed E-state index contributed by atoms with van der Waals surface area (Å²) in [5.41, 5.74) is 0.688. The number of fused-ring (bicyclic) bond motifs is 1. The summed E-state index contributed by atoms with van der Waals surface area (Å²) in [5.74, 6) is -0.874. The summed E-state index contributed by atoms with van der Waals surface area (Å²) < 4.78 is 59.0. The Labute approximate surface area is 230 Å². The fourth-order valence-electron chi connectivity index (χ4n) is 4.16. The van der Waals surface area contributed by atoms with Crippen LogP contribution in [-0.2, 0) is 21.2 Å². The van der Waals surface area contributed by atoms with Gasteiger partial charge in [0.2, 0.25) is 10.0 Å². The molecule has 1 atom stereocenters. The Kier molecular flexibility index (Phi) is 8.92. The number of ether oxygens (including phenoxy) is 2. The van der Waals surface area contributed by atoms with Crippen molar-refractivity contribution < 1.29 is 31.5 Å². The van der Waals surface area contributed by atoms with Crippen LogP contribution < -0.4 is 20.4 Å². The highest BCUT2D eigenvalue weighted by atomic mass is 35.5. The molecule has 1 amide bonds. The van der Waals surface area contributed by atoms with Crippen LogP contribution in [-0.4, -0.2) is 65.9 Å². The first-order valence-corrected chi connectivity index (χ1v) is 14.1. The van der Waals surface area contributed by atoms with E-state index in [9.17, 15) is 22.4 Å². The molecule has 2 aromatic carbocycles. The maximum Gasteiger partial charge on any atom is 0.414 e. The molecule has 1 fully saturated rings. The molecule has 0 spiro atoms. The van der Waals surface area contributed by atoms with E-state index in [-0.39, 0.29) is 41.0 Å². The van der Waals surface area contributed by atoms with Gasteiger partial charge in [-0.3, -0.25) is 0 Å². The summed E-state index contributed by atoms with van der Waals surface area (Å²) in [4.78, 5) is 25.5. The molecule has 1 aliphatic rings. The third-order valence-electron chi connectivity index (χ3n) is 6.33. The minimum absolute atomic E-state index is 0.0104. The number of aryl methyl sites for hydroxylation is 1. The number of sulfonamides is 1. The SMILES string of the molecule is Cc1c(Cc2ccc(F)c(S(=O)(=O)NCCC3CNCCO3)c2)c(=O)oc2cc(OC(=O)N(C)C)c(Cl)cc12. The lowest BCUT2D eigenvalue weighted by Crippen LogP contribution is -2.40. The molecule has 2 heterocycles. The quantitative estimate of drug-likeness (QED) is 0.388. The third-order valence-corrected chi connectivity index (χ3v) is 8.10. The Morgan fingerprint density at radius 2 is 2.05 bits per heavy atom. The van der Waals surface area contributed by atoms with Crippen molar-refractivity contribution >= 4 is 38.7 Å². The average Bonchev–Trinajstić information content (AvgIpc) is 2.89. The lowest BCUT2D eigenvalue weighted by atomic mass is 9.99. The summed E-state index contributed by atoms with van der Waals surface area (Å²) >= 11 is 6.31. The number of halogens is 2. The van der Waals surface area contributed by atoms with Crippen molar-refractivity contribution in [1.29, 1.82) is 0 Å². The predicted octanol–water partition coefficient (Wildman–Crippen LogP) is 3.20. The van der Waals surface area contributed by atoms with Crippen molar-refractivity contribution in [3.8, 4) is 5.75 Å². The number of morpholine rings is 1. The number of amides is 1. The van der Waals surface area contributed by atoms with Gasteiger partial charge in [-0.25, -0.2) is 27.1 Å². The summed E-state index contributed by atoms with van der Waals surface area (Å²) in [6.07, 6.45) is -0.354. The van der Waals surface area contributed by atoms with Crippen molar-refractivity contribution in [1.82, 2.24) is 14.9 Å². The Hall–Kier alpha value is -3.03. The normalized spacial score (nSPS) is 15.9. The first-order valence-electron chi connectivity index (χ1n) is 12.2. The average molecular weight is 582 g/mol. The van der Waals surface area contributed by atoms with Crippen LogP contribution in [0.15, 0.2) is 44.4 Å². The smallest absolute Gasteiger partial charge is 0.414 e. The molecule has 0 radical (unpaired) electrons. The number of nitrogens with zero attached hydrogens (tertiary/aromatic N) is 1. The van der Waals surface area contributed by atoms with Crippen LogP contribution in [0.3, 0.4) is 0 Å². The molecule has 3 aromatic rings. The van der Waals surface area contributed by atoms with E-state index >= 15 is 0 Å². The standard InChI is InChI=1S/C26H29ClFN3O7S/c1-15-18-12-20(27)23(38-26(33)31(2)3)13-22(18)37-25(32)19(15)10-16-4-5-21(28)24(11-16)39(34,35)30-7-6-17-14-29-8-9-36-17/h4-5,11-13,17,29-30H,6-10,14H2,1-3H3. The monoisotopic (exact) mass is 581 g/mol. The molecule has 39 heavy (non-hydrogen) atoms. The van der Waals surface area contributed by atoms with Crippen LogP contribution in [0.25, 0.3) is 11.0 Å². The van der Waals surface area contributed by atoms with Gasteiger partial charge in [0, 0.05) is 57.2 Å². The summed E-state index contributed by atoms with van der Waals surface area (Å²) in [6, 6.07) is 6.55. The number of rotatable bonds is 8. The van der Waals surface area contributed by atoms with Crippen molar-refractivity contribution in [3.05, 3.63) is 68.3 Å². The molecule has 10 nitrogen and oxygen atoms in total. The summed E-state index contributed by atoms with van der Waals surface area (Å²) in [7, 11) is -1.12. The van der Waals surface area contributed by atoms with Gasteiger partial charge in [0.05, 0.1) is 17.7 Å². The lowest BCUT2D eigenvalue weighted by molar-refractivity contribution is 0.0247. The first kappa shape index (κ1) is 29.0. The fraction of sp³-hybridized carbons (Fsp3) is 0.385. The van der Waals surface area contributed by atoms with E-state index in [0.717, 1.165) is 12.6 Å². The van der Waals surface area contributed by atoms with Gasteiger partial charge in [-0.05, 0) is 42.7 Å². The van der Waals surface area contributed by atoms with Gasteiger partial charge in [0.25, 0.3) is 0 Å². The second-order valence-corrected chi connectivity index (χ2v) is 11.5. The third kappa shape index (κ3) is 6.76. The van der Waals surface area contributed by atoms with Gasteiger partial charge in [-0.1, -0.05) is 17.7 Å². The van der Waals surface area contributed by atoms with Crippen LogP contribution >= 0.6 is 11.6 Å². The Bertz CT molecular complexity index is 1550. The van der Waals surface area contributed by atoms with Gasteiger partial charge < -0.3 is 24.1 Å². The number of carbonyl (C=O) groups excluding carboxylic acids is 1. The maximum absolute atomic E-state index is 14.6. The van der Waals surface area contributed by atoms with Crippen molar-refractivity contribution in [2.75, 3.05) is 40.3 Å².